The monoisotopic (exact) mass is 262 g/mol. The number of nitrogens with zero attached hydrogens (tertiary/aromatic N) is 2. The van der Waals surface area contributed by atoms with E-state index in [1.54, 1.807) is 37.5 Å². The molecule has 0 atom stereocenters. The number of aromatic nitrogens is 2. The number of benzene rings is 1. The standard InChI is InChI=1S/C12H11ClN4O/c1-14-11(18)8-4-2-3-5-9(8)16-10-6-7-15-12(13)17-10/h2-7H,1H3,(H,14,18)(H,15,16,17). The number of hydrogen-bond donors (Lipinski definition) is 2. The number of carbonyl (C=O) groups excluding carboxylic acids is 1. The maximum Gasteiger partial charge on any atom is 0.253 e. The fourth-order valence-corrected chi connectivity index (χ4v) is 1.61. The minimum atomic E-state index is -0.168. The molecule has 6 heteroatoms. The summed E-state index contributed by atoms with van der Waals surface area (Å²) in [5.41, 5.74) is 1.20. The number of para-hydroxylation sites is 1. The van der Waals surface area contributed by atoms with Gasteiger partial charge in [0.1, 0.15) is 5.82 Å². The Labute approximate surface area is 109 Å². The van der Waals surface area contributed by atoms with E-state index in [1.165, 1.54) is 0 Å². The molecule has 0 saturated carbocycles. The van der Waals surface area contributed by atoms with Crippen molar-refractivity contribution in [1.82, 2.24) is 15.3 Å². The van der Waals surface area contributed by atoms with Gasteiger partial charge in [0, 0.05) is 13.2 Å². The van der Waals surface area contributed by atoms with E-state index < -0.39 is 0 Å². The van der Waals surface area contributed by atoms with Crippen molar-refractivity contribution in [3.63, 3.8) is 0 Å². The molecular weight excluding hydrogens is 252 g/mol. The molecule has 2 aromatic rings. The van der Waals surface area contributed by atoms with Crippen LogP contribution in [-0.4, -0.2) is 22.9 Å². The average Bonchev–Trinajstić information content (AvgIpc) is 2.38. The summed E-state index contributed by atoms with van der Waals surface area (Å²) in [5, 5.41) is 5.76. The Morgan fingerprint density at radius 2 is 2.06 bits per heavy atom. The number of anilines is 2. The molecule has 0 aliphatic rings. The van der Waals surface area contributed by atoms with Crippen LogP contribution >= 0.6 is 11.6 Å². The summed E-state index contributed by atoms with van der Waals surface area (Å²) >= 11 is 5.70. The number of carbonyl (C=O) groups is 1. The summed E-state index contributed by atoms with van der Waals surface area (Å²) in [7, 11) is 1.58. The number of rotatable bonds is 3. The van der Waals surface area contributed by atoms with Gasteiger partial charge in [-0.2, -0.15) is 0 Å². The van der Waals surface area contributed by atoms with E-state index >= 15 is 0 Å². The minimum absolute atomic E-state index is 0.150. The summed E-state index contributed by atoms with van der Waals surface area (Å²) in [6, 6.07) is 8.82. The summed E-state index contributed by atoms with van der Waals surface area (Å²) < 4.78 is 0. The van der Waals surface area contributed by atoms with Crippen molar-refractivity contribution in [2.75, 3.05) is 12.4 Å². The third-order valence-electron chi connectivity index (χ3n) is 2.29. The molecule has 0 aliphatic carbocycles. The normalized spacial score (nSPS) is 9.89. The highest BCUT2D eigenvalue weighted by molar-refractivity contribution is 6.28. The maximum absolute atomic E-state index is 11.7. The quantitative estimate of drug-likeness (QED) is 0.833. The van der Waals surface area contributed by atoms with Crippen LogP contribution in [0.5, 0.6) is 0 Å². The van der Waals surface area contributed by atoms with E-state index in [1.807, 2.05) is 6.07 Å². The molecule has 92 valence electrons. The van der Waals surface area contributed by atoms with Gasteiger partial charge in [-0.05, 0) is 29.8 Å². The van der Waals surface area contributed by atoms with Crippen LogP contribution in [0.25, 0.3) is 0 Å². The Morgan fingerprint density at radius 3 is 2.78 bits per heavy atom. The van der Waals surface area contributed by atoms with Crippen LogP contribution in [0, 0.1) is 0 Å². The molecule has 0 radical (unpaired) electrons. The molecule has 1 heterocycles. The SMILES string of the molecule is CNC(=O)c1ccccc1Nc1ccnc(Cl)n1. The summed E-state index contributed by atoms with van der Waals surface area (Å²) in [6.45, 7) is 0. The first-order chi connectivity index (χ1) is 8.70. The Kier molecular flexibility index (Phi) is 3.74. The lowest BCUT2D eigenvalue weighted by Crippen LogP contribution is -2.19. The predicted molar refractivity (Wildman–Crippen MR) is 70.2 cm³/mol. The van der Waals surface area contributed by atoms with Gasteiger partial charge in [0.25, 0.3) is 5.91 Å². The van der Waals surface area contributed by atoms with E-state index in [4.69, 9.17) is 11.6 Å². The smallest absolute Gasteiger partial charge is 0.253 e. The largest absolute Gasteiger partial charge is 0.355 e. The highest BCUT2D eigenvalue weighted by Gasteiger charge is 2.09. The van der Waals surface area contributed by atoms with Gasteiger partial charge in [0.2, 0.25) is 5.28 Å². The van der Waals surface area contributed by atoms with E-state index in [0.29, 0.717) is 17.1 Å². The molecular formula is C12H11ClN4O. The van der Waals surface area contributed by atoms with Crippen molar-refractivity contribution < 1.29 is 4.79 Å². The predicted octanol–water partition coefficient (Wildman–Crippen LogP) is 2.23. The molecule has 2 rings (SSSR count). The van der Waals surface area contributed by atoms with E-state index in [0.717, 1.165) is 0 Å². The average molecular weight is 263 g/mol. The van der Waals surface area contributed by atoms with Crippen LogP contribution in [0.4, 0.5) is 11.5 Å². The van der Waals surface area contributed by atoms with Crippen molar-refractivity contribution in [3.8, 4) is 0 Å². The van der Waals surface area contributed by atoms with Crippen LogP contribution in [0.3, 0.4) is 0 Å². The van der Waals surface area contributed by atoms with Gasteiger partial charge >= 0.3 is 0 Å². The first-order valence-electron chi connectivity index (χ1n) is 5.27. The second-order valence-electron chi connectivity index (χ2n) is 3.46. The summed E-state index contributed by atoms with van der Waals surface area (Å²) in [4.78, 5) is 19.5. The van der Waals surface area contributed by atoms with Gasteiger partial charge in [0.15, 0.2) is 0 Å². The first kappa shape index (κ1) is 12.3. The molecule has 1 aromatic carbocycles. The molecule has 1 amide bonds. The zero-order valence-corrected chi connectivity index (χ0v) is 10.4. The minimum Gasteiger partial charge on any atom is -0.355 e. The van der Waals surface area contributed by atoms with E-state index in [9.17, 15) is 4.79 Å². The topological polar surface area (TPSA) is 66.9 Å². The van der Waals surface area contributed by atoms with Gasteiger partial charge in [-0.25, -0.2) is 9.97 Å². The second-order valence-corrected chi connectivity index (χ2v) is 3.80. The first-order valence-corrected chi connectivity index (χ1v) is 5.65. The van der Waals surface area contributed by atoms with Crippen LogP contribution in [0.15, 0.2) is 36.5 Å². The molecule has 0 bridgehead atoms. The molecule has 0 saturated heterocycles. The fraction of sp³-hybridized carbons (Fsp3) is 0.0833. The Bertz CT molecular complexity index is 574. The molecule has 18 heavy (non-hydrogen) atoms. The second kappa shape index (κ2) is 5.46. The Morgan fingerprint density at radius 1 is 1.28 bits per heavy atom. The number of hydrogen-bond acceptors (Lipinski definition) is 4. The molecule has 1 aromatic heterocycles. The van der Waals surface area contributed by atoms with Crippen molar-refractivity contribution in [1.29, 1.82) is 0 Å². The third kappa shape index (κ3) is 2.75. The number of amides is 1. The lowest BCUT2D eigenvalue weighted by molar-refractivity contribution is 0.0964. The lowest BCUT2D eigenvalue weighted by atomic mass is 10.1. The molecule has 0 unspecified atom stereocenters. The highest BCUT2D eigenvalue weighted by atomic mass is 35.5. The lowest BCUT2D eigenvalue weighted by Gasteiger charge is -2.10. The van der Waals surface area contributed by atoms with Crippen molar-refractivity contribution in [2.24, 2.45) is 0 Å². The van der Waals surface area contributed by atoms with E-state index in [2.05, 4.69) is 20.6 Å². The summed E-state index contributed by atoms with van der Waals surface area (Å²) in [6.07, 6.45) is 1.54. The number of halogens is 1. The third-order valence-corrected chi connectivity index (χ3v) is 2.47. The fourth-order valence-electron chi connectivity index (χ4n) is 1.47. The molecule has 0 aliphatic heterocycles. The Hall–Kier alpha value is -2.14. The van der Waals surface area contributed by atoms with Crippen LogP contribution < -0.4 is 10.6 Å². The zero-order valence-electron chi connectivity index (χ0n) is 9.64. The number of nitrogens with one attached hydrogen (secondary N) is 2. The molecule has 0 spiro atoms. The molecule has 5 nitrogen and oxygen atoms in total. The van der Waals surface area contributed by atoms with Crippen molar-refractivity contribution >= 4 is 29.0 Å². The van der Waals surface area contributed by atoms with Crippen LogP contribution in [-0.2, 0) is 0 Å². The van der Waals surface area contributed by atoms with Gasteiger partial charge in [-0.3, -0.25) is 4.79 Å². The van der Waals surface area contributed by atoms with Gasteiger partial charge in [0.05, 0.1) is 11.3 Å². The van der Waals surface area contributed by atoms with Crippen LogP contribution in [0.2, 0.25) is 5.28 Å². The van der Waals surface area contributed by atoms with Gasteiger partial charge < -0.3 is 10.6 Å². The zero-order chi connectivity index (χ0) is 13.0. The van der Waals surface area contributed by atoms with E-state index in [-0.39, 0.29) is 11.2 Å². The van der Waals surface area contributed by atoms with Crippen LogP contribution in [0.1, 0.15) is 10.4 Å². The van der Waals surface area contributed by atoms with Gasteiger partial charge in [-0.15, -0.1) is 0 Å². The summed E-state index contributed by atoms with van der Waals surface area (Å²) in [5.74, 6) is 0.365. The molecule has 2 N–H and O–H groups in total. The molecule has 0 fully saturated rings. The maximum atomic E-state index is 11.7. The van der Waals surface area contributed by atoms with Gasteiger partial charge in [-0.1, -0.05) is 12.1 Å². The van der Waals surface area contributed by atoms with Crippen molar-refractivity contribution in [3.05, 3.63) is 47.4 Å². The van der Waals surface area contributed by atoms with Crippen molar-refractivity contribution in [2.45, 2.75) is 0 Å². The Balaban J connectivity index is 2.32. The highest BCUT2D eigenvalue weighted by Crippen LogP contribution is 2.19.